The third-order valence-electron chi connectivity index (χ3n) is 4.98. The first-order valence-electron chi connectivity index (χ1n) is 8.30. The number of carbonyl (C=O) groups excluding carboxylic acids is 1. The van der Waals surface area contributed by atoms with Crippen LogP contribution >= 0.6 is 11.6 Å². The molecule has 2 N–H and O–H groups in total. The molecule has 2 amide bonds. The molecule has 0 radical (unpaired) electrons. The SMILES string of the molecule is Cn1cc(CCNC(=O)N2CCC(C)(C(=O)O)C2)c2ccc(Cl)cc21. The Balaban J connectivity index is 1.59. The number of carbonyl (C=O) groups is 2. The van der Waals surface area contributed by atoms with Gasteiger partial charge in [-0.05, 0) is 37.5 Å². The average molecular weight is 364 g/mol. The molecule has 0 aliphatic carbocycles. The lowest BCUT2D eigenvalue weighted by molar-refractivity contribution is -0.146. The van der Waals surface area contributed by atoms with Gasteiger partial charge in [-0.2, -0.15) is 0 Å². The van der Waals surface area contributed by atoms with Crippen molar-refractivity contribution in [2.75, 3.05) is 19.6 Å². The lowest BCUT2D eigenvalue weighted by atomic mass is 9.90. The summed E-state index contributed by atoms with van der Waals surface area (Å²) in [6.45, 7) is 2.91. The van der Waals surface area contributed by atoms with Crippen LogP contribution in [0, 0.1) is 5.41 Å². The second-order valence-corrected chi connectivity index (χ2v) is 7.38. The van der Waals surface area contributed by atoms with Gasteiger partial charge in [-0.25, -0.2) is 4.79 Å². The van der Waals surface area contributed by atoms with Gasteiger partial charge in [0.1, 0.15) is 0 Å². The highest BCUT2D eigenvalue weighted by molar-refractivity contribution is 6.31. The zero-order valence-corrected chi connectivity index (χ0v) is 15.1. The molecular weight excluding hydrogens is 342 g/mol. The van der Waals surface area contributed by atoms with Crippen molar-refractivity contribution in [3.63, 3.8) is 0 Å². The topological polar surface area (TPSA) is 74.6 Å². The third-order valence-corrected chi connectivity index (χ3v) is 5.22. The van der Waals surface area contributed by atoms with Crippen LogP contribution in [-0.4, -0.2) is 46.2 Å². The van der Waals surface area contributed by atoms with E-state index in [0.717, 1.165) is 16.5 Å². The predicted octanol–water partition coefficient (Wildman–Crippen LogP) is 2.88. The van der Waals surface area contributed by atoms with Gasteiger partial charge in [-0.1, -0.05) is 17.7 Å². The second kappa shape index (κ2) is 6.59. The Morgan fingerprint density at radius 2 is 2.16 bits per heavy atom. The van der Waals surface area contributed by atoms with E-state index in [0.29, 0.717) is 31.0 Å². The van der Waals surface area contributed by atoms with Gasteiger partial charge in [0.05, 0.1) is 5.41 Å². The Morgan fingerprint density at radius 3 is 2.84 bits per heavy atom. The standard InChI is InChI=1S/C18H22ClN3O3/c1-18(16(23)24)6-8-22(11-18)17(25)20-7-5-12-10-21(2)15-9-13(19)3-4-14(12)15/h3-4,9-10H,5-8,11H2,1-2H3,(H,20,25)(H,23,24). The van der Waals surface area contributed by atoms with E-state index in [-0.39, 0.29) is 12.6 Å². The molecule has 1 aliphatic heterocycles. The number of hydrogen-bond donors (Lipinski definition) is 2. The van der Waals surface area contributed by atoms with Crippen LogP contribution in [0.15, 0.2) is 24.4 Å². The molecule has 134 valence electrons. The number of rotatable bonds is 4. The maximum Gasteiger partial charge on any atom is 0.317 e. The molecule has 1 unspecified atom stereocenters. The van der Waals surface area contributed by atoms with Crippen LogP contribution in [0.25, 0.3) is 10.9 Å². The van der Waals surface area contributed by atoms with Gasteiger partial charge >= 0.3 is 12.0 Å². The minimum absolute atomic E-state index is 0.201. The zero-order valence-electron chi connectivity index (χ0n) is 14.4. The number of likely N-dealkylation sites (tertiary alicyclic amines) is 1. The number of fused-ring (bicyclic) bond motifs is 1. The van der Waals surface area contributed by atoms with Crippen molar-refractivity contribution in [1.29, 1.82) is 0 Å². The van der Waals surface area contributed by atoms with Gasteiger partial charge in [-0.15, -0.1) is 0 Å². The molecular formula is C18H22ClN3O3. The molecule has 2 aromatic rings. The van der Waals surface area contributed by atoms with E-state index in [1.54, 1.807) is 11.8 Å². The van der Waals surface area contributed by atoms with Gasteiger partial charge in [0.15, 0.2) is 0 Å². The number of carboxylic acid groups (broad SMARTS) is 1. The number of benzene rings is 1. The zero-order chi connectivity index (χ0) is 18.2. The van der Waals surface area contributed by atoms with Crippen LogP contribution in [0.2, 0.25) is 5.02 Å². The largest absolute Gasteiger partial charge is 0.481 e. The molecule has 1 saturated heterocycles. The molecule has 1 aromatic heterocycles. The summed E-state index contributed by atoms with van der Waals surface area (Å²) in [5, 5.41) is 14.0. The van der Waals surface area contributed by atoms with Gasteiger partial charge < -0.3 is 19.9 Å². The number of halogens is 1. The number of amides is 2. The monoisotopic (exact) mass is 363 g/mol. The number of nitrogens with zero attached hydrogens (tertiary/aromatic N) is 2. The second-order valence-electron chi connectivity index (χ2n) is 6.95. The van der Waals surface area contributed by atoms with Crippen LogP contribution in [0.1, 0.15) is 18.9 Å². The predicted molar refractivity (Wildman–Crippen MR) is 97.0 cm³/mol. The van der Waals surface area contributed by atoms with E-state index < -0.39 is 11.4 Å². The molecule has 0 spiro atoms. The third kappa shape index (κ3) is 3.44. The maximum atomic E-state index is 12.3. The van der Waals surface area contributed by atoms with Gasteiger partial charge in [-0.3, -0.25) is 4.79 Å². The molecule has 2 heterocycles. The van der Waals surface area contributed by atoms with Crippen LogP contribution in [-0.2, 0) is 18.3 Å². The summed E-state index contributed by atoms with van der Waals surface area (Å²) in [7, 11) is 1.97. The van der Waals surface area contributed by atoms with Crippen LogP contribution in [0.4, 0.5) is 4.79 Å². The number of urea groups is 1. The number of hydrogen-bond acceptors (Lipinski definition) is 2. The molecule has 25 heavy (non-hydrogen) atoms. The molecule has 0 bridgehead atoms. The summed E-state index contributed by atoms with van der Waals surface area (Å²) in [6, 6.07) is 5.58. The lowest BCUT2D eigenvalue weighted by Crippen LogP contribution is -2.41. The highest BCUT2D eigenvalue weighted by Gasteiger charge is 2.42. The Kier molecular flexibility index (Phi) is 4.64. The van der Waals surface area contributed by atoms with Crippen molar-refractivity contribution < 1.29 is 14.7 Å². The quantitative estimate of drug-likeness (QED) is 0.877. The first-order valence-corrected chi connectivity index (χ1v) is 8.67. The Hall–Kier alpha value is -2.21. The van der Waals surface area contributed by atoms with E-state index in [1.807, 2.05) is 36.0 Å². The highest BCUT2D eigenvalue weighted by Crippen LogP contribution is 2.30. The van der Waals surface area contributed by atoms with Crippen LogP contribution in [0.5, 0.6) is 0 Å². The molecule has 1 atom stereocenters. The molecule has 0 saturated carbocycles. The van der Waals surface area contributed by atoms with Crippen LogP contribution in [0.3, 0.4) is 0 Å². The van der Waals surface area contributed by atoms with Crippen molar-refractivity contribution in [2.45, 2.75) is 19.8 Å². The molecule has 1 aliphatic rings. The number of nitrogens with one attached hydrogen (secondary N) is 1. The van der Waals surface area contributed by atoms with Gasteiger partial charge in [0.2, 0.25) is 0 Å². The number of aromatic nitrogens is 1. The van der Waals surface area contributed by atoms with E-state index in [1.165, 1.54) is 0 Å². The lowest BCUT2D eigenvalue weighted by Gasteiger charge is -2.20. The van der Waals surface area contributed by atoms with Crippen molar-refractivity contribution in [2.24, 2.45) is 12.5 Å². The molecule has 6 nitrogen and oxygen atoms in total. The molecule has 1 fully saturated rings. The Bertz CT molecular complexity index is 832. The van der Waals surface area contributed by atoms with Crippen LogP contribution < -0.4 is 5.32 Å². The fourth-order valence-corrected chi connectivity index (χ4v) is 3.53. The fraction of sp³-hybridized carbons (Fsp3) is 0.444. The summed E-state index contributed by atoms with van der Waals surface area (Å²) < 4.78 is 2.02. The summed E-state index contributed by atoms with van der Waals surface area (Å²) >= 11 is 6.05. The average Bonchev–Trinajstić information content (AvgIpc) is 3.10. The fourth-order valence-electron chi connectivity index (χ4n) is 3.37. The Morgan fingerprint density at radius 1 is 1.40 bits per heavy atom. The highest BCUT2D eigenvalue weighted by atomic mass is 35.5. The smallest absolute Gasteiger partial charge is 0.317 e. The van der Waals surface area contributed by atoms with Crippen molar-refractivity contribution >= 4 is 34.5 Å². The van der Waals surface area contributed by atoms with E-state index in [4.69, 9.17) is 11.6 Å². The number of aryl methyl sites for hydroxylation is 1. The maximum absolute atomic E-state index is 12.3. The number of carboxylic acids is 1. The summed E-state index contributed by atoms with van der Waals surface area (Å²) in [5.41, 5.74) is 1.36. The van der Waals surface area contributed by atoms with E-state index >= 15 is 0 Å². The van der Waals surface area contributed by atoms with Gasteiger partial charge in [0.25, 0.3) is 0 Å². The first kappa shape index (κ1) is 17.6. The van der Waals surface area contributed by atoms with Gasteiger partial charge in [0, 0.05) is 48.8 Å². The number of aliphatic carboxylic acids is 1. The minimum atomic E-state index is -0.850. The normalized spacial score (nSPS) is 20.2. The first-order chi connectivity index (χ1) is 11.8. The van der Waals surface area contributed by atoms with E-state index in [9.17, 15) is 14.7 Å². The van der Waals surface area contributed by atoms with E-state index in [2.05, 4.69) is 5.32 Å². The summed E-state index contributed by atoms with van der Waals surface area (Å²) in [6.07, 6.45) is 3.24. The molecule has 7 heteroatoms. The molecule has 1 aromatic carbocycles. The van der Waals surface area contributed by atoms with Crippen molar-refractivity contribution in [1.82, 2.24) is 14.8 Å². The minimum Gasteiger partial charge on any atom is -0.481 e. The summed E-state index contributed by atoms with van der Waals surface area (Å²) in [5.74, 6) is -0.850. The van der Waals surface area contributed by atoms with Crippen molar-refractivity contribution in [3.05, 3.63) is 35.0 Å². The summed E-state index contributed by atoms with van der Waals surface area (Å²) in [4.78, 5) is 25.1. The van der Waals surface area contributed by atoms with Crippen molar-refractivity contribution in [3.8, 4) is 0 Å². The molecule has 3 rings (SSSR count). The Labute approximate surface area is 151 Å².